The normalized spacial score (nSPS) is 31.8. The summed E-state index contributed by atoms with van der Waals surface area (Å²) in [6, 6.07) is 6.12. The van der Waals surface area contributed by atoms with Crippen LogP contribution in [0, 0.1) is 23.7 Å². The number of methoxy groups -OCH3 is 1. The van der Waals surface area contributed by atoms with E-state index in [1.807, 2.05) is 19.9 Å². The highest BCUT2D eigenvalue weighted by atomic mass is 16.8. The number of aryl methyl sites for hydroxylation is 1. The maximum absolute atomic E-state index is 6.64. The van der Waals surface area contributed by atoms with Crippen molar-refractivity contribution in [3.63, 3.8) is 0 Å². The molecule has 1 N–H and O–H groups in total. The molecule has 5 nitrogen and oxygen atoms in total. The van der Waals surface area contributed by atoms with Gasteiger partial charge in [0.05, 0.1) is 7.11 Å². The number of ether oxygens (including phenoxy) is 4. The monoisotopic (exact) mass is 431 g/mol. The molecule has 3 atom stereocenters. The van der Waals surface area contributed by atoms with Gasteiger partial charge < -0.3 is 24.3 Å². The van der Waals surface area contributed by atoms with Gasteiger partial charge in [0.2, 0.25) is 0 Å². The first kappa shape index (κ1) is 21.2. The van der Waals surface area contributed by atoms with Crippen molar-refractivity contribution < 1.29 is 18.9 Å². The minimum atomic E-state index is -0.880. The van der Waals surface area contributed by atoms with Gasteiger partial charge in [-0.05, 0) is 57.4 Å². The Hall–Kier alpha value is -2.70. The summed E-state index contributed by atoms with van der Waals surface area (Å²) < 4.78 is 25.2. The molecule has 0 saturated carbocycles. The van der Waals surface area contributed by atoms with E-state index in [9.17, 15) is 0 Å². The van der Waals surface area contributed by atoms with Crippen LogP contribution < -0.4 is 14.8 Å². The van der Waals surface area contributed by atoms with Crippen molar-refractivity contribution >= 4 is 0 Å². The quantitative estimate of drug-likeness (QED) is 0.690. The molecule has 0 aromatic heterocycles. The topological polar surface area (TPSA) is 49.0 Å². The summed E-state index contributed by atoms with van der Waals surface area (Å²) in [4.78, 5) is 0. The highest BCUT2D eigenvalue weighted by Gasteiger charge is 2.62. The molecule has 1 fully saturated rings. The summed E-state index contributed by atoms with van der Waals surface area (Å²) in [5.74, 6) is 14.0. The lowest BCUT2D eigenvalue weighted by atomic mass is 9.87. The maximum atomic E-state index is 6.64. The minimum Gasteiger partial charge on any atom is -0.493 e. The summed E-state index contributed by atoms with van der Waals surface area (Å²) in [6.45, 7) is 5.59. The van der Waals surface area contributed by atoms with Gasteiger partial charge in [-0.25, -0.2) is 0 Å². The van der Waals surface area contributed by atoms with Crippen molar-refractivity contribution in [2.75, 3.05) is 20.2 Å². The van der Waals surface area contributed by atoms with Crippen LogP contribution in [0.1, 0.15) is 38.7 Å². The number of rotatable bonds is 1. The molecule has 4 aliphatic rings. The molecule has 32 heavy (non-hydrogen) atoms. The molecule has 5 rings (SSSR count). The third kappa shape index (κ3) is 3.82. The van der Waals surface area contributed by atoms with E-state index in [4.69, 9.17) is 18.9 Å². The average molecular weight is 432 g/mol. The van der Waals surface area contributed by atoms with E-state index in [1.54, 1.807) is 7.11 Å². The third-order valence-corrected chi connectivity index (χ3v) is 6.32. The van der Waals surface area contributed by atoms with Gasteiger partial charge in [0, 0.05) is 24.1 Å². The molecule has 1 aromatic carbocycles. The van der Waals surface area contributed by atoms with E-state index >= 15 is 0 Å². The van der Waals surface area contributed by atoms with Gasteiger partial charge in [0.25, 0.3) is 0 Å². The summed E-state index contributed by atoms with van der Waals surface area (Å²) >= 11 is 0. The molecule has 0 radical (unpaired) electrons. The van der Waals surface area contributed by atoms with E-state index < -0.39 is 17.5 Å². The van der Waals surface area contributed by atoms with Crippen LogP contribution in [-0.4, -0.2) is 43.8 Å². The fourth-order valence-electron chi connectivity index (χ4n) is 4.86. The van der Waals surface area contributed by atoms with Crippen molar-refractivity contribution in [2.45, 2.75) is 63.1 Å². The van der Waals surface area contributed by atoms with Crippen LogP contribution in [0.3, 0.4) is 0 Å². The first-order chi connectivity index (χ1) is 15.5. The van der Waals surface area contributed by atoms with E-state index in [2.05, 4.69) is 53.3 Å². The molecule has 1 aromatic rings. The molecule has 0 amide bonds. The molecule has 2 aliphatic heterocycles. The molecule has 1 unspecified atom stereocenters. The first-order valence-corrected chi connectivity index (χ1v) is 11.3. The predicted octanol–water partition coefficient (Wildman–Crippen LogP) is 3.54. The predicted molar refractivity (Wildman–Crippen MR) is 122 cm³/mol. The Balaban J connectivity index is 1.66. The number of allylic oxidation sites excluding steroid dienone is 1. The van der Waals surface area contributed by atoms with Crippen LogP contribution in [0.4, 0.5) is 0 Å². The third-order valence-electron chi connectivity index (χ3n) is 6.32. The van der Waals surface area contributed by atoms with Crippen molar-refractivity contribution in [1.82, 2.24) is 5.32 Å². The van der Waals surface area contributed by atoms with Crippen LogP contribution in [0.15, 0.2) is 41.5 Å². The highest BCUT2D eigenvalue weighted by Crippen LogP contribution is 2.50. The van der Waals surface area contributed by atoms with Crippen LogP contribution in [0.25, 0.3) is 0 Å². The smallest absolute Gasteiger partial charge is 0.195 e. The van der Waals surface area contributed by atoms with Crippen LogP contribution in [-0.2, 0) is 15.9 Å². The summed E-state index contributed by atoms with van der Waals surface area (Å²) in [5.41, 5.74) is 2.22. The van der Waals surface area contributed by atoms with Gasteiger partial charge in [0.1, 0.15) is 6.10 Å². The van der Waals surface area contributed by atoms with E-state index in [0.29, 0.717) is 24.3 Å². The molecule has 2 heterocycles. The highest BCUT2D eigenvalue weighted by molar-refractivity contribution is 5.53. The zero-order valence-electron chi connectivity index (χ0n) is 18.9. The Bertz CT molecular complexity index is 1090. The number of nitrogens with one attached hydrogen (secondary N) is 1. The van der Waals surface area contributed by atoms with Crippen molar-refractivity contribution in [2.24, 2.45) is 0 Å². The fraction of sp³-hybridized carbons (Fsp3) is 0.481. The van der Waals surface area contributed by atoms with Crippen molar-refractivity contribution in [3.05, 3.63) is 47.1 Å². The van der Waals surface area contributed by atoms with Gasteiger partial charge in [-0.1, -0.05) is 41.9 Å². The number of fused-ring (bicyclic) bond motifs is 5. The van der Waals surface area contributed by atoms with Crippen LogP contribution in [0.2, 0.25) is 0 Å². The Morgan fingerprint density at radius 3 is 2.97 bits per heavy atom. The first-order valence-electron chi connectivity index (χ1n) is 11.3. The van der Waals surface area contributed by atoms with E-state index in [1.165, 1.54) is 5.56 Å². The minimum absolute atomic E-state index is 0.207. The molecule has 166 valence electrons. The van der Waals surface area contributed by atoms with Gasteiger partial charge in [-0.15, -0.1) is 0 Å². The second kappa shape index (κ2) is 8.34. The second-order valence-electron chi connectivity index (χ2n) is 9.02. The lowest BCUT2D eigenvalue weighted by Crippen LogP contribution is -2.52. The van der Waals surface area contributed by atoms with Gasteiger partial charge in [-0.2, -0.15) is 0 Å². The van der Waals surface area contributed by atoms with E-state index in [0.717, 1.165) is 37.1 Å². The number of hydrogen-bond donors (Lipinski definition) is 1. The number of hydrogen-bond acceptors (Lipinski definition) is 5. The van der Waals surface area contributed by atoms with Gasteiger partial charge >= 0.3 is 0 Å². The molecule has 1 spiro atoms. The van der Waals surface area contributed by atoms with E-state index in [-0.39, 0.29) is 6.10 Å². The fourth-order valence-corrected chi connectivity index (χ4v) is 4.86. The van der Waals surface area contributed by atoms with Gasteiger partial charge in [0.15, 0.2) is 29.0 Å². The molecule has 1 saturated heterocycles. The average Bonchev–Trinajstić information content (AvgIpc) is 3.24. The summed E-state index contributed by atoms with van der Waals surface area (Å²) in [6.07, 6.45) is 6.74. The summed E-state index contributed by atoms with van der Waals surface area (Å²) in [5, 5.41) is 3.49. The lowest BCUT2D eigenvalue weighted by molar-refractivity contribution is -0.166. The van der Waals surface area contributed by atoms with Gasteiger partial charge in [-0.3, -0.25) is 0 Å². The SMILES string of the molecule is COc1ccc2cc1OC1C#CC/C(=C\CNCCC2)C#CC2=CC[C@H]3OC(C)(C)O[C@]213. The Morgan fingerprint density at radius 1 is 1.19 bits per heavy atom. The zero-order chi connectivity index (χ0) is 22.2. The van der Waals surface area contributed by atoms with Crippen molar-refractivity contribution in [3.8, 4) is 35.2 Å². The maximum Gasteiger partial charge on any atom is 0.195 e. The number of benzene rings is 1. The zero-order valence-corrected chi connectivity index (χ0v) is 18.9. The standard InChI is InChI=1S/C27H29NO4/c1-26(2)31-25-14-12-21-11-9-19-6-4-8-24(27(21,25)32-26)30-23-18-20(10-13-22(23)29-3)7-5-16-28-17-15-19/h10,12-13,15,18,24-25,28H,5-7,14,16-17H2,1-3H3/b19-15+/t24?,25-,27-/m1/s1. The molecular weight excluding hydrogens is 402 g/mol. The van der Waals surface area contributed by atoms with Crippen LogP contribution in [0.5, 0.6) is 11.5 Å². The Kier molecular flexibility index (Phi) is 5.51. The molecule has 5 heteroatoms. The second-order valence-corrected chi connectivity index (χ2v) is 9.02. The lowest BCUT2D eigenvalue weighted by Gasteiger charge is -2.34. The largest absolute Gasteiger partial charge is 0.493 e. The summed E-state index contributed by atoms with van der Waals surface area (Å²) in [7, 11) is 1.66. The Morgan fingerprint density at radius 2 is 2.09 bits per heavy atom. The van der Waals surface area contributed by atoms with Crippen LogP contribution >= 0.6 is 0 Å². The molecular formula is C27H29NO4. The molecule has 2 aliphatic carbocycles. The van der Waals surface area contributed by atoms with Crippen molar-refractivity contribution in [1.29, 1.82) is 0 Å². The molecule has 4 bridgehead atoms. The Labute approximate surface area is 190 Å².